The lowest BCUT2D eigenvalue weighted by Gasteiger charge is -2.30. The average Bonchev–Trinajstić information content (AvgIpc) is 3.51. The number of benzene rings is 2. The van der Waals surface area contributed by atoms with Crippen molar-refractivity contribution in [3.8, 4) is 5.75 Å². The first kappa shape index (κ1) is 27.3. The smallest absolute Gasteiger partial charge is 0.258 e. The van der Waals surface area contributed by atoms with Crippen LogP contribution in [0, 0.1) is 23.6 Å². The number of ether oxygens (including phenoxy) is 1. The van der Waals surface area contributed by atoms with E-state index in [9.17, 15) is 23.9 Å². The van der Waals surface area contributed by atoms with Crippen LogP contribution in [0.3, 0.4) is 0 Å². The quantitative estimate of drug-likeness (QED) is 0.417. The highest BCUT2D eigenvalue weighted by Gasteiger charge is 2.56. The van der Waals surface area contributed by atoms with Crippen LogP contribution in [0.25, 0.3) is 0 Å². The number of hydrogen-bond acceptors (Lipinski definition) is 5. The molecule has 2 aromatic carbocycles. The molecule has 1 saturated carbocycles. The Bertz CT molecular complexity index is 1040. The van der Waals surface area contributed by atoms with Crippen LogP contribution in [0.4, 0.5) is 4.39 Å². The SMILES string of the molecule is CC(C)C[C@H](NC(=O)COc1ccccc1)C(=O)N[C@@H](C(C)C)[C@H](O)C1C(=O)C1c1ccc(F)cc1. The van der Waals surface area contributed by atoms with Gasteiger partial charge in [0.15, 0.2) is 6.61 Å². The third kappa shape index (κ3) is 7.13. The Morgan fingerprint density at radius 1 is 1.00 bits per heavy atom. The number of para-hydroxylation sites is 1. The minimum atomic E-state index is -1.12. The van der Waals surface area contributed by atoms with Crippen molar-refractivity contribution in [1.29, 1.82) is 0 Å². The summed E-state index contributed by atoms with van der Waals surface area (Å²) in [6, 6.07) is 13.0. The molecule has 1 aliphatic rings. The Morgan fingerprint density at radius 2 is 1.64 bits per heavy atom. The van der Waals surface area contributed by atoms with E-state index in [0.717, 1.165) is 0 Å². The molecule has 0 heterocycles. The van der Waals surface area contributed by atoms with E-state index in [1.165, 1.54) is 12.1 Å². The van der Waals surface area contributed by atoms with Crippen molar-refractivity contribution in [3.63, 3.8) is 0 Å². The summed E-state index contributed by atoms with van der Waals surface area (Å²) in [6.45, 7) is 7.34. The average molecular weight is 499 g/mol. The maximum absolute atomic E-state index is 13.3. The van der Waals surface area contributed by atoms with E-state index in [4.69, 9.17) is 4.74 Å². The highest BCUT2D eigenvalue weighted by Crippen LogP contribution is 2.46. The zero-order chi connectivity index (χ0) is 26.4. The largest absolute Gasteiger partial charge is 0.484 e. The van der Waals surface area contributed by atoms with Gasteiger partial charge in [-0.3, -0.25) is 14.4 Å². The van der Waals surface area contributed by atoms with Gasteiger partial charge in [-0.15, -0.1) is 0 Å². The van der Waals surface area contributed by atoms with Crippen molar-refractivity contribution < 1.29 is 28.6 Å². The number of Topliss-reactive ketones (excluding diaryl/α,β-unsaturated/α-hetero) is 1. The van der Waals surface area contributed by atoms with Crippen molar-refractivity contribution in [2.45, 2.75) is 58.2 Å². The number of carbonyl (C=O) groups excluding carboxylic acids is 3. The van der Waals surface area contributed by atoms with Gasteiger partial charge in [-0.2, -0.15) is 0 Å². The van der Waals surface area contributed by atoms with E-state index in [0.29, 0.717) is 17.7 Å². The summed E-state index contributed by atoms with van der Waals surface area (Å²) in [4.78, 5) is 38.3. The fraction of sp³-hybridized carbons (Fsp3) is 0.464. The maximum Gasteiger partial charge on any atom is 0.258 e. The van der Waals surface area contributed by atoms with Crippen LogP contribution in [-0.4, -0.2) is 47.5 Å². The zero-order valence-electron chi connectivity index (χ0n) is 21.1. The molecule has 3 rings (SSSR count). The van der Waals surface area contributed by atoms with Crippen molar-refractivity contribution in [1.82, 2.24) is 10.6 Å². The summed E-state index contributed by atoms with van der Waals surface area (Å²) in [6.07, 6.45) is -0.724. The zero-order valence-corrected chi connectivity index (χ0v) is 21.1. The van der Waals surface area contributed by atoms with E-state index in [2.05, 4.69) is 10.6 Å². The van der Waals surface area contributed by atoms with Crippen LogP contribution < -0.4 is 15.4 Å². The summed E-state index contributed by atoms with van der Waals surface area (Å²) in [7, 11) is 0. The van der Waals surface area contributed by atoms with E-state index in [1.54, 1.807) is 36.4 Å². The first-order valence-electron chi connectivity index (χ1n) is 12.3. The molecule has 5 atom stereocenters. The van der Waals surface area contributed by atoms with E-state index in [-0.39, 0.29) is 24.2 Å². The van der Waals surface area contributed by atoms with Crippen molar-refractivity contribution >= 4 is 17.6 Å². The first-order valence-corrected chi connectivity index (χ1v) is 12.3. The van der Waals surface area contributed by atoms with Crippen LogP contribution >= 0.6 is 0 Å². The molecule has 3 N–H and O–H groups in total. The standard InChI is InChI=1S/C28H35FN2O5/c1-16(2)14-21(30-22(32)15-36-20-8-6-5-7-9-20)28(35)31-25(17(3)4)27(34)24-23(26(24)33)18-10-12-19(29)13-11-18/h5-13,16-17,21,23-25,27,34H,14-15H2,1-4H3,(H,30,32)(H,31,35)/t21-,23?,24?,25-,27+/m0/s1. The Morgan fingerprint density at radius 3 is 2.22 bits per heavy atom. The molecular formula is C28H35FN2O5. The molecule has 0 radical (unpaired) electrons. The van der Waals surface area contributed by atoms with E-state index >= 15 is 0 Å². The highest BCUT2D eigenvalue weighted by atomic mass is 19.1. The molecule has 0 bridgehead atoms. The van der Waals surface area contributed by atoms with Crippen molar-refractivity contribution in [2.24, 2.45) is 17.8 Å². The molecule has 2 unspecified atom stereocenters. The molecule has 36 heavy (non-hydrogen) atoms. The van der Waals surface area contributed by atoms with E-state index in [1.807, 2.05) is 33.8 Å². The third-order valence-electron chi connectivity index (χ3n) is 6.35. The number of aliphatic hydroxyl groups excluding tert-OH is 1. The van der Waals surface area contributed by atoms with Gasteiger partial charge >= 0.3 is 0 Å². The monoisotopic (exact) mass is 498 g/mol. The lowest BCUT2D eigenvalue weighted by Crippen LogP contribution is -2.55. The topological polar surface area (TPSA) is 105 Å². The molecule has 8 heteroatoms. The highest BCUT2D eigenvalue weighted by molar-refractivity contribution is 6.05. The molecule has 7 nitrogen and oxygen atoms in total. The van der Waals surface area contributed by atoms with Crippen LogP contribution in [0.15, 0.2) is 54.6 Å². The Labute approximate surface area is 211 Å². The van der Waals surface area contributed by atoms with Crippen molar-refractivity contribution in [3.05, 3.63) is 66.0 Å². The maximum atomic E-state index is 13.3. The summed E-state index contributed by atoms with van der Waals surface area (Å²) >= 11 is 0. The molecule has 0 aliphatic heterocycles. The predicted molar refractivity (Wildman–Crippen MR) is 134 cm³/mol. The predicted octanol–water partition coefficient (Wildman–Crippen LogP) is 3.22. The fourth-order valence-corrected chi connectivity index (χ4v) is 4.41. The van der Waals surface area contributed by atoms with Gasteiger partial charge in [0.2, 0.25) is 5.91 Å². The Kier molecular flexibility index (Phi) is 9.20. The van der Waals surface area contributed by atoms with Crippen LogP contribution in [0.5, 0.6) is 5.75 Å². The normalized spacial score (nSPS) is 19.5. The summed E-state index contributed by atoms with van der Waals surface area (Å²) in [5.74, 6) is -2.13. The van der Waals surface area contributed by atoms with Gasteiger partial charge in [0.05, 0.1) is 24.0 Å². The molecule has 2 aromatic rings. The summed E-state index contributed by atoms with van der Waals surface area (Å²) < 4.78 is 18.8. The van der Waals surface area contributed by atoms with Crippen LogP contribution in [0.2, 0.25) is 0 Å². The third-order valence-corrected chi connectivity index (χ3v) is 6.35. The minimum absolute atomic E-state index is 0.117. The van der Waals surface area contributed by atoms with Gasteiger partial charge in [0, 0.05) is 0 Å². The van der Waals surface area contributed by atoms with Crippen LogP contribution in [0.1, 0.15) is 45.6 Å². The molecule has 0 aromatic heterocycles. The number of rotatable bonds is 12. The molecular weight excluding hydrogens is 463 g/mol. The number of hydrogen-bond donors (Lipinski definition) is 3. The van der Waals surface area contributed by atoms with E-state index < -0.39 is 47.7 Å². The summed E-state index contributed by atoms with van der Waals surface area (Å²) in [5.41, 5.74) is 0.641. The molecule has 2 amide bonds. The molecule has 194 valence electrons. The van der Waals surface area contributed by atoms with Crippen molar-refractivity contribution in [2.75, 3.05) is 6.61 Å². The molecule has 1 fully saturated rings. The van der Waals surface area contributed by atoms with Gasteiger partial charge in [0.25, 0.3) is 5.91 Å². The van der Waals surface area contributed by atoms with Gasteiger partial charge in [-0.25, -0.2) is 4.39 Å². The van der Waals surface area contributed by atoms with Crippen LogP contribution in [-0.2, 0) is 14.4 Å². The first-order chi connectivity index (χ1) is 17.1. The second-order valence-electron chi connectivity index (χ2n) is 10.1. The molecule has 0 saturated heterocycles. The number of amides is 2. The van der Waals surface area contributed by atoms with Gasteiger partial charge in [-0.1, -0.05) is 58.0 Å². The van der Waals surface area contributed by atoms with Gasteiger partial charge in [0.1, 0.15) is 23.4 Å². The Balaban J connectivity index is 1.64. The number of halogens is 1. The molecule has 0 spiro atoms. The number of nitrogens with one attached hydrogen (secondary N) is 2. The number of ketones is 1. The second-order valence-corrected chi connectivity index (χ2v) is 10.1. The summed E-state index contributed by atoms with van der Waals surface area (Å²) in [5, 5.41) is 16.7. The number of carbonyl (C=O) groups is 3. The lowest BCUT2D eigenvalue weighted by molar-refractivity contribution is -0.131. The second kappa shape index (κ2) is 12.1. The van der Waals surface area contributed by atoms with Gasteiger partial charge in [-0.05, 0) is 48.1 Å². The minimum Gasteiger partial charge on any atom is -0.484 e. The fourth-order valence-electron chi connectivity index (χ4n) is 4.41. The Hall–Kier alpha value is -3.26. The molecule has 1 aliphatic carbocycles. The van der Waals surface area contributed by atoms with Gasteiger partial charge < -0.3 is 20.5 Å². The number of aliphatic hydroxyl groups is 1. The lowest BCUT2D eigenvalue weighted by atomic mass is 9.92.